The summed E-state index contributed by atoms with van der Waals surface area (Å²) in [5.41, 5.74) is 5.02. The number of hydrogen-bond donors (Lipinski definition) is 4. The summed E-state index contributed by atoms with van der Waals surface area (Å²) in [6.07, 6.45) is 1.60. The van der Waals surface area contributed by atoms with Crippen LogP contribution in [0.25, 0.3) is 33.6 Å². The summed E-state index contributed by atoms with van der Waals surface area (Å²) in [6, 6.07) is 14.0. The van der Waals surface area contributed by atoms with E-state index in [1.807, 2.05) is 81.1 Å². The molecule has 2 aromatic carbocycles. The lowest BCUT2D eigenvalue weighted by molar-refractivity contribution is -0.138. The van der Waals surface area contributed by atoms with Gasteiger partial charge in [0.05, 0.1) is 30.6 Å². The zero-order valence-corrected chi connectivity index (χ0v) is 34.3. The number of H-pyrrole nitrogens is 2. The Morgan fingerprint density at radius 3 is 1.70 bits per heavy atom. The Kier molecular flexibility index (Phi) is 12.4. The highest BCUT2D eigenvalue weighted by molar-refractivity contribution is 6.32. The quantitative estimate of drug-likeness (QED) is 0.122. The molecule has 0 radical (unpaired) electrons. The van der Waals surface area contributed by atoms with E-state index in [0.29, 0.717) is 52.9 Å². The van der Waals surface area contributed by atoms with Crippen LogP contribution in [0.5, 0.6) is 0 Å². The second-order valence-electron chi connectivity index (χ2n) is 15.5. The van der Waals surface area contributed by atoms with Gasteiger partial charge in [0.15, 0.2) is 10.3 Å². The average molecular weight is 806 g/mol. The molecule has 2 aliphatic rings. The van der Waals surface area contributed by atoms with Crippen LogP contribution in [0.4, 0.5) is 4.79 Å². The number of benzene rings is 2. The van der Waals surface area contributed by atoms with Gasteiger partial charge in [-0.25, -0.2) is 14.8 Å². The molecule has 4 amide bonds. The van der Waals surface area contributed by atoms with Gasteiger partial charge < -0.3 is 35.1 Å². The molecular formula is C41H50Cl2N8O5. The minimum atomic E-state index is -0.729. The van der Waals surface area contributed by atoms with Crippen LogP contribution in [0, 0.1) is 17.8 Å². The highest BCUT2D eigenvalue weighted by Crippen LogP contribution is 2.39. The molecule has 2 aliphatic heterocycles. The highest BCUT2D eigenvalue weighted by atomic mass is 35.5. The maximum absolute atomic E-state index is 13.7. The van der Waals surface area contributed by atoms with Gasteiger partial charge in [-0.3, -0.25) is 14.4 Å². The number of carbonyl (C=O) groups excluding carboxylic acids is 4. The van der Waals surface area contributed by atoms with E-state index in [1.165, 1.54) is 14.0 Å². The van der Waals surface area contributed by atoms with Crippen LogP contribution in [0.2, 0.25) is 10.3 Å². The van der Waals surface area contributed by atoms with Gasteiger partial charge in [0.1, 0.15) is 23.7 Å². The van der Waals surface area contributed by atoms with Crippen molar-refractivity contribution in [1.29, 1.82) is 0 Å². The monoisotopic (exact) mass is 804 g/mol. The Morgan fingerprint density at radius 2 is 1.21 bits per heavy atom. The van der Waals surface area contributed by atoms with E-state index in [1.54, 1.807) is 4.90 Å². The molecule has 0 saturated carbocycles. The molecular weight excluding hydrogens is 755 g/mol. The molecule has 2 saturated heterocycles. The number of halogens is 2. The zero-order valence-electron chi connectivity index (χ0n) is 32.8. The normalized spacial score (nSPS) is 19.4. The van der Waals surface area contributed by atoms with Crippen LogP contribution in [0.15, 0.2) is 48.5 Å². The molecule has 0 bridgehead atoms. The Hall–Kier alpha value is -4.88. The van der Waals surface area contributed by atoms with Crippen LogP contribution >= 0.6 is 23.2 Å². The number of hydrogen-bond acceptors (Lipinski definition) is 7. The van der Waals surface area contributed by atoms with Crippen molar-refractivity contribution in [2.45, 2.75) is 85.0 Å². The van der Waals surface area contributed by atoms with Crippen molar-refractivity contribution >= 4 is 47.0 Å². The summed E-state index contributed by atoms with van der Waals surface area (Å²) in [5, 5.41) is 6.14. The Balaban J connectivity index is 1.16. The van der Waals surface area contributed by atoms with Crippen molar-refractivity contribution < 1.29 is 23.9 Å². The zero-order chi connectivity index (χ0) is 40.4. The molecule has 2 aromatic heterocycles. The molecule has 0 unspecified atom stereocenters. The third-order valence-corrected chi connectivity index (χ3v) is 11.2. The molecule has 56 heavy (non-hydrogen) atoms. The number of aromatic nitrogens is 4. The number of rotatable bonds is 11. The molecule has 13 nitrogen and oxygen atoms in total. The number of nitrogens with one attached hydrogen (secondary N) is 4. The summed E-state index contributed by atoms with van der Waals surface area (Å²) in [4.78, 5) is 70.7. The Labute approximate surface area is 337 Å². The number of ether oxygens (including phenoxy) is 1. The van der Waals surface area contributed by atoms with E-state index in [2.05, 4.69) is 37.5 Å². The van der Waals surface area contributed by atoms with E-state index >= 15 is 0 Å². The molecule has 0 spiro atoms. The third kappa shape index (κ3) is 8.58. The summed E-state index contributed by atoms with van der Waals surface area (Å²) in [5.74, 6) is 0.722. The molecule has 298 valence electrons. The standard InChI is InChI=1S/C41H50Cl2N8O5/c1-21(2)31(44-24(6)52)40(54)51-20-23(5)19-30(51)38-46-34(36(43)49-38)28-16-12-26(13-17-28)25-10-14-27(15-11-25)33-35(42)48-37(45-33)29-9-8-18-50(29)39(53)32(22(3)4)47-41(55)56-7/h10-17,21-23,29-32H,8-9,18-20H2,1-7H3,(H,44,52)(H,45,48)(H,46,49)(H,47,55)/t23-,29-,30-,31-,32-/m0/s1. The predicted molar refractivity (Wildman–Crippen MR) is 216 cm³/mol. The molecule has 5 atom stereocenters. The fourth-order valence-electron chi connectivity index (χ4n) is 7.75. The number of imidazole rings is 2. The first-order chi connectivity index (χ1) is 26.7. The SMILES string of the molecule is COC(=O)N[C@H](C(=O)N1CCC[C@H]1c1nc(Cl)c(-c2ccc(-c3ccc(-c4[nH]c([C@@H]5C[C@H](C)CN5C(=O)[C@@H](NC(C)=O)C(C)C)nc4Cl)cc3)cc2)[nH]1)C(C)C. The van der Waals surface area contributed by atoms with Crippen molar-refractivity contribution in [1.82, 2.24) is 40.4 Å². The fourth-order valence-corrected chi connectivity index (χ4v) is 8.24. The van der Waals surface area contributed by atoms with Crippen molar-refractivity contribution in [3.8, 4) is 33.6 Å². The van der Waals surface area contributed by atoms with Crippen LogP contribution in [0.1, 0.15) is 84.5 Å². The first kappa shape index (κ1) is 40.8. The minimum Gasteiger partial charge on any atom is -0.453 e. The van der Waals surface area contributed by atoms with Crippen molar-refractivity contribution in [3.63, 3.8) is 0 Å². The molecule has 2 fully saturated rings. The number of nitrogens with zero attached hydrogens (tertiary/aromatic N) is 4. The van der Waals surface area contributed by atoms with Gasteiger partial charge in [0, 0.05) is 31.1 Å². The van der Waals surface area contributed by atoms with Crippen LogP contribution in [-0.2, 0) is 19.1 Å². The van der Waals surface area contributed by atoms with Gasteiger partial charge in [-0.15, -0.1) is 0 Å². The first-order valence-electron chi connectivity index (χ1n) is 19.1. The molecule has 15 heteroatoms. The number of alkyl carbamates (subject to hydrolysis) is 1. The largest absolute Gasteiger partial charge is 0.453 e. The molecule has 4 aromatic rings. The van der Waals surface area contributed by atoms with Crippen molar-refractivity contribution in [3.05, 3.63) is 70.5 Å². The molecule has 4 heterocycles. The number of likely N-dealkylation sites (tertiary alicyclic amines) is 2. The van der Waals surface area contributed by atoms with E-state index in [4.69, 9.17) is 27.9 Å². The van der Waals surface area contributed by atoms with Gasteiger partial charge in [-0.05, 0) is 48.1 Å². The summed E-state index contributed by atoms with van der Waals surface area (Å²) in [7, 11) is 1.27. The highest BCUT2D eigenvalue weighted by Gasteiger charge is 2.41. The summed E-state index contributed by atoms with van der Waals surface area (Å²) < 4.78 is 4.75. The lowest BCUT2D eigenvalue weighted by atomic mass is 10.0. The lowest BCUT2D eigenvalue weighted by Crippen LogP contribution is -2.51. The smallest absolute Gasteiger partial charge is 0.407 e. The summed E-state index contributed by atoms with van der Waals surface area (Å²) >= 11 is 13.4. The predicted octanol–water partition coefficient (Wildman–Crippen LogP) is 7.55. The van der Waals surface area contributed by atoms with Crippen LogP contribution < -0.4 is 10.6 Å². The van der Waals surface area contributed by atoms with E-state index in [0.717, 1.165) is 35.1 Å². The summed E-state index contributed by atoms with van der Waals surface area (Å²) in [6.45, 7) is 12.2. The van der Waals surface area contributed by atoms with Gasteiger partial charge in [-0.2, -0.15) is 0 Å². The van der Waals surface area contributed by atoms with Gasteiger partial charge >= 0.3 is 6.09 Å². The lowest BCUT2D eigenvalue weighted by Gasteiger charge is -2.30. The maximum Gasteiger partial charge on any atom is 0.407 e. The van der Waals surface area contributed by atoms with Crippen LogP contribution in [-0.4, -0.2) is 85.8 Å². The topological polar surface area (TPSA) is 165 Å². The fraction of sp³-hybridized carbons (Fsp3) is 0.463. The number of aromatic amines is 2. The van der Waals surface area contributed by atoms with E-state index < -0.39 is 18.2 Å². The maximum atomic E-state index is 13.7. The Bertz CT molecular complexity index is 2060. The minimum absolute atomic E-state index is 0.0703. The second kappa shape index (κ2) is 17.1. The average Bonchev–Trinajstić information content (AvgIpc) is 3.98. The van der Waals surface area contributed by atoms with Gasteiger partial charge in [0.25, 0.3) is 0 Å². The first-order valence-corrected chi connectivity index (χ1v) is 19.9. The van der Waals surface area contributed by atoms with E-state index in [9.17, 15) is 19.2 Å². The Morgan fingerprint density at radius 1 is 0.750 bits per heavy atom. The molecule has 4 N–H and O–H groups in total. The second-order valence-corrected chi connectivity index (χ2v) is 16.3. The van der Waals surface area contributed by atoms with Gasteiger partial charge in [0.2, 0.25) is 17.7 Å². The van der Waals surface area contributed by atoms with Gasteiger partial charge in [-0.1, -0.05) is 106 Å². The number of methoxy groups -OCH3 is 1. The third-order valence-electron chi connectivity index (χ3n) is 10.7. The molecule has 0 aliphatic carbocycles. The van der Waals surface area contributed by atoms with Crippen LogP contribution in [0.3, 0.4) is 0 Å². The van der Waals surface area contributed by atoms with Crippen molar-refractivity contribution in [2.24, 2.45) is 17.8 Å². The number of amides is 4. The number of carbonyl (C=O) groups is 4. The van der Waals surface area contributed by atoms with E-state index in [-0.39, 0.29) is 47.6 Å². The molecule has 6 rings (SSSR count). The van der Waals surface area contributed by atoms with Crippen molar-refractivity contribution in [2.75, 3.05) is 20.2 Å².